The summed E-state index contributed by atoms with van der Waals surface area (Å²) >= 11 is 7.60. The number of anilines is 2. The molecule has 0 aliphatic carbocycles. The van der Waals surface area contributed by atoms with Crippen LogP contribution in [0.25, 0.3) is 6.08 Å². The highest BCUT2D eigenvalue weighted by molar-refractivity contribution is 8.00. The maximum absolute atomic E-state index is 14.6. The number of carbonyl (C=O) groups is 3. The number of halogens is 2. The van der Waals surface area contributed by atoms with E-state index in [1.165, 1.54) is 50.3 Å². The molecule has 0 bridgehead atoms. The van der Waals surface area contributed by atoms with Crippen LogP contribution in [0.1, 0.15) is 26.7 Å². The van der Waals surface area contributed by atoms with Crippen LogP contribution >= 0.6 is 23.4 Å². The maximum Gasteiger partial charge on any atom is 0.272 e. The van der Waals surface area contributed by atoms with Crippen molar-refractivity contribution in [1.82, 2.24) is 5.32 Å². The predicted molar refractivity (Wildman–Crippen MR) is 192 cm³/mol. The normalized spacial score (nSPS) is 11.6. The highest BCUT2D eigenvalue weighted by Gasteiger charge is 2.24. The standard InChI is InChI=1S/C38H31ClFN3O5S/c1-47-33-23-34(48-2)31(22-29(33)39)42-38(46)35(24-12-5-3-6-13-24)49-28-18-11-17-27(21-28)41-37(45)32(20-26-16-9-10-19-30(26)40)43-36(44)25-14-7-4-8-15-25/h3-23,35H,1-2H3,(H,41,45)(H,42,46)(H,43,44)/b32-20-. The van der Waals surface area contributed by atoms with E-state index in [2.05, 4.69) is 16.0 Å². The van der Waals surface area contributed by atoms with Gasteiger partial charge in [0.05, 0.1) is 24.9 Å². The minimum atomic E-state index is -0.723. The first-order valence-electron chi connectivity index (χ1n) is 14.9. The number of rotatable bonds is 12. The molecule has 1 atom stereocenters. The molecule has 3 N–H and O–H groups in total. The first-order chi connectivity index (χ1) is 23.7. The van der Waals surface area contributed by atoms with E-state index in [0.29, 0.717) is 38.4 Å². The van der Waals surface area contributed by atoms with Crippen molar-refractivity contribution < 1.29 is 28.2 Å². The number of thioether (sulfide) groups is 1. The number of methoxy groups -OCH3 is 2. The van der Waals surface area contributed by atoms with E-state index < -0.39 is 22.9 Å². The summed E-state index contributed by atoms with van der Waals surface area (Å²) in [6.07, 6.45) is 1.28. The van der Waals surface area contributed by atoms with Crippen LogP contribution in [0.15, 0.2) is 132 Å². The molecule has 0 aromatic heterocycles. The zero-order valence-corrected chi connectivity index (χ0v) is 28.0. The van der Waals surface area contributed by atoms with E-state index in [0.717, 1.165) is 5.56 Å². The summed E-state index contributed by atoms with van der Waals surface area (Å²) in [7, 11) is 2.96. The first kappa shape index (κ1) is 34.7. The minimum absolute atomic E-state index is 0.122. The second-order valence-corrected chi connectivity index (χ2v) is 12.1. The van der Waals surface area contributed by atoms with Gasteiger partial charge in [0.1, 0.15) is 28.3 Å². The Hall–Kier alpha value is -5.58. The topological polar surface area (TPSA) is 106 Å². The molecule has 8 nitrogen and oxygen atoms in total. The summed E-state index contributed by atoms with van der Waals surface area (Å²) in [5.74, 6) is -1.33. The van der Waals surface area contributed by atoms with Crippen LogP contribution in [0, 0.1) is 5.82 Å². The molecule has 0 radical (unpaired) electrons. The fraction of sp³-hybridized carbons (Fsp3) is 0.0789. The van der Waals surface area contributed by atoms with Gasteiger partial charge < -0.3 is 25.4 Å². The number of hydrogen-bond acceptors (Lipinski definition) is 6. The highest BCUT2D eigenvalue weighted by atomic mass is 35.5. The van der Waals surface area contributed by atoms with Crippen molar-refractivity contribution in [2.24, 2.45) is 0 Å². The van der Waals surface area contributed by atoms with Gasteiger partial charge in [0.2, 0.25) is 5.91 Å². The molecule has 0 saturated heterocycles. The molecule has 0 saturated carbocycles. The number of ether oxygens (including phenoxy) is 2. The van der Waals surface area contributed by atoms with Crippen molar-refractivity contribution >= 4 is 58.5 Å². The van der Waals surface area contributed by atoms with Gasteiger partial charge in [-0.15, -0.1) is 11.8 Å². The van der Waals surface area contributed by atoms with Crippen molar-refractivity contribution in [2.45, 2.75) is 10.1 Å². The van der Waals surface area contributed by atoms with Crippen molar-refractivity contribution in [1.29, 1.82) is 0 Å². The molecule has 0 aliphatic rings. The van der Waals surface area contributed by atoms with Gasteiger partial charge in [0.25, 0.3) is 11.8 Å². The number of nitrogens with one attached hydrogen (secondary N) is 3. The lowest BCUT2D eigenvalue weighted by molar-refractivity contribution is -0.116. The molecule has 0 fully saturated rings. The van der Waals surface area contributed by atoms with Gasteiger partial charge in [-0.25, -0.2) is 4.39 Å². The van der Waals surface area contributed by atoms with E-state index in [9.17, 15) is 18.8 Å². The van der Waals surface area contributed by atoms with Crippen molar-refractivity contribution in [3.05, 3.63) is 155 Å². The van der Waals surface area contributed by atoms with E-state index in [1.54, 1.807) is 66.7 Å². The van der Waals surface area contributed by atoms with Crippen LogP contribution < -0.4 is 25.4 Å². The third-order valence-electron chi connectivity index (χ3n) is 7.15. The quantitative estimate of drug-likeness (QED) is 0.0895. The summed E-state index contributed by atoms with van der Waals surface area (Å²) in [4.78, 5) is 41.0. The second kappa shape index (κ2) is 16.5. The average molecular weight is 696 g/mol. The van der Waals surface area contributed by atoms with Crippen molar-refractivity contribution in [2.75, 3.05) is 24.9 Å². The number of hydrogen-bond donors (Lipinski definition) is 3. The molecule has 0 spiro atoms. The zero-order valence-electron chi connectivity index (χ0n) is 26.4. The molecular weight excluding hydrogens is 665 g/mol. The molecule has 0 heterocycles. The Kier molecular flexibility index (Phi) is 11.7. The molecule has 49 heavy (non-hydrogen) atoms. The monoisotopic (exact) mass is 695 g/mol. The molecule has 5 aromatic carbocycles. The average Bonchev–Trinajstić information content (AvgIpc) is 3.12. The fourth-order valence-electron chi connectivity index (χ4n) is 4.73. The fourth-order valence-corrected chi connectivity index (χ4v) is 6.05. The van der Waals surface area contributed by atoms with E-state index in [-0.39, 0.29) is 17.2 Å². The summed E-state index contributed by atoms with van der Waals surface area (Å²) in [5.41, 5.74) is 1.78. The Morgan fingerprint density at radius 3 is 2.14 bits per heavy atom. The highest BCUT2D eigenvalue weighted by Crippen LogP contribution is 2.40. The lowest BCUT2D eigenvalue weighted by Gasteiger charge is -2.19. The van der Waals surface area contributed by atoms with Crippen molar-refractivity contribution in [3.63, 3.8) is 0 Å². The van der Waals surface area contributed by atoms with Crippen LogP contribution in [0.3, 0.4) is 0 Å². The smallest absolute Gasteiger partial charge is 0.272 e. The van der Waals surface area contributed by atoms with Crippen LogP contribution in [0.5, 0.6) is 11.5 Å². The Labute approximate surface area is 292 Å². The van der Waals surface area contributed by atoms with Gasteiger partial charge in [-0.2, -0.15) is 0 Å². The number of amides is 3. The van der Waals surface area contributed by atoms with Crippen LogP contribution in [-0.4, -0.2) is 31.9 Å². The summed E-state index contributed by atoms with van der Waals surface area (Å²) < 4.78 is 25.3. The third-order valence-corrected chi connectivity index (χ3v) is 8.70. The molecular formula is C38H31ClFN3O5S. The summed E-state index contributed by atoms with van der Waals surface area (Å²) in [5, 5.41) is 7.90. The number of carbonyl (C=O) groups excluding carboxylic acids is 3. The van der Waals surface area contributed by atoms with Gasteiger partial charge in [0, 0.05) is 27.8 Å². The zero-order chi connectivity index (χ0) is 34.8. The third kappa shape index (κ3) is 9.07. The molecule has 0 aliphatic heterocycles. The molecule has 5 aromatic rings. The summed E-state index contributed by atoms with van der Waals surface area (Å²) in [6, 6.07) is 33.6. The minimum Gasteiger partial charge on any atom is -0.495 e. The SMILES string of the molecule is COc1cc(OC)c(NC(=O)C(Sc2cccc(NC(=O)/C(=C/c3ccccc3F)NC(=O)c3ccccc3)c2)c2ccccc2)cc1Cl. The van der Waals surface area contributed by atoms with Crippen LogP contribution in [0.4, 0.5) is 15.8 Å². The van der Waals surface area contributed by atoms with Crippen molar-refractivity contribution in [3.8, 4) is 11.5 Å². The first-order valence-corrected chi connectivity index (χ1v) is 16.2. The lowest BCUT2D eigenvalue weighted by Crippen LogP contribution is -2.30. The maximum atomic E-state index is 14.6. The number of benzene rings is 5. The van der Waals surface area contributed by atoms with Gasteiger partial charge in [-0.3, -0.25) is 14.4 Å². The Bertz CT molecular complexity index is 1990. The molecule has 248 valence electrons. The second-order valence-electron chi connectivity index (χ2n) is 10.5. The molecule has 11 heteroatoms. The molecule has 3 amide bonds. The Balaban J connectivity index is 1.40. The lowest BCUT2D eigenvalue weighted by atomic mass is 10.1. The molecule has 5 rings (SSSR count). The van der Waals surface area contributed by atoms with Gasteiger partial charge in [-0.05, 0) is 54.1 Å². The summed E-state index contributed by atoms with van der Waals surface area (Å²) in [6.45, 7) is 0. The Morgan fingerprint density at radius 2 is 1.45 bits per heavy atom. The largest absolute Gasteiger partial charge is 0.495 e. The van der Waals surface area contributed by atoms with Gasteiger partial charge in [0.15, 0.2) is 0 Å². The van der Waals surface area contributed by atoms with E-state index in [4.69, 9.17) is 21.1 Å². The van der Waals surface area contributed by atoms with E-state index >= 15 is 0 Å². The molecule has 1 unspecified atom stereocenters. The van der Waals surface area contributed by atoms with Gasteiger partial charge >= 0.3 is 0 Å². The Morgan fingerprint density at radius 1 is 0.776 bits per heavy atom. The van der Waals surface area contributed by atoms with Gasteiger partial charge in [-0.1, -0.05) is 84.4 Å². The predicted octanol–water partition coefficient (Wildman–Crippen LogP) is 8.38. The van der Waals surface area contributed by atoms with Crippen LogP contribution in [0.2, 0.25) is 5.02 Å². The van der Waals surface area contributed by atoms with E-state index in [1.807, 2.05) is 36.4 Å². The van der Waals surface area contributed by atoms with Crippen LogP contribution in [-0.2, 0) is 9.59 Å².